The second kappa shape index (κ2) is 28.4. The molecule has 1 aliphatic carbocycles. The number of fused-ring (bicyclic) bond motifs is 3. The molecule has 4 aliphatic rings. The predicted molar refractivity (Wildman–Crippen MR) is 264 cm³/mol. The number of carbonyl (C=O) groups is 6. The number of nitrogens with zero attached hydrogens (tertiary/aromatic N) is 1. The molecule has 0 unspecified atom stereocenters. The SMILES string of the molecule is CNC(=O)OCCO[C@@H]1C[C@@H]2CC[C@@H](C)[C@@](O)(O2)C(=O)C(=O)N2CCCC[C@H]2C(=O)O[C@H]([C@H](C)C[C@@H]2CC[C@@H](O)[C@H](OC)C2)CC(=O)[C@H](C)/C=C(\C)[C@@H](O)[C@@H](OC)C(=O)[C@H](C)C[C@H](C)/C=C/C=C/C=C/1C. The van der Waals surface area contributed by atoms with E-state index >= 15 is 0 Å². The van der Waals surface area contributed by atoms with Crippen molar-refractivity contribution >= 4 is 35.3 Å². The summed E-state index contributed by atoms with van der Waals surface area (Å²) in [5.74, 6) is -8.46. The molecular formula is C54H84N2O15. The van der Waals surface area contributed by atoms with E-state index in [1.54, 1.807) is 40.9 Å². The molecule has 2 amide bonds. The van der Waals surface area contributed by atoms with Gasteiger partial charge in [0.15, 0.2) is 5.78 Å². The zero-order chi connectivity index (χ0) is 52.6. The van der Waals surface area contributed by atoms with Gasteiger partial charge in [0.1, 0.15) is 36.7 Å². The fourth-order valence-corrected chi connectivity index (χ4v) is 10.4. The number of amides is 2. The second-order valence-electron chi connectivity index (χ2n) is 20.6. The van der Waals surface area contributed by atoms with Crippen molar-refractivity contribution in [2.24, 2.45) is 35.5 Å². The van der Waals surface area contributed by atoms with Gasteiger partial charge < -0.3 is 54.0 Å². The van der Waals surface area contributed by atoms with Gasteiger partial charge in [-0.15, -0.1) is 0 Å². The Morgan fingerprint density at radius 2 is 1.63 bits per heavy atom. The summed E-state index contributed by atoms with van der Waals surface area (Å²) >= 11 is 0. The van der Waals surface area contributed by atoms with Crippen molar-refractivity contribution < 1.29 is 72.5 Å². The van der Waals surface area contributed by atoms with E-state index in [1.807, 2.05) is 51.2 Å². The highest BCUT2D eigenvalue weighted by molar-refractivity contribution is 6.39. The number of carbonyl (C=O) groups excluding carboxylic acids is 6. The Labute approximate surface area is 421 Å². The maximum absolute atomic E-state index is 14.5. The number of hydrogen-bond acceptors (Lipinski definition) is 15. The molecule has 17 nitrogen and oxygen atoms in total. The minimum absolute atomic E-state index is 0.0290. The molecule has 0 spiro atoms. The average Bonchev–Trinajstić information content (AvgIpc) is 3.35. The number of alkyl carbamates (subject to hydrolysis) is 1. The predicted octanol–water partition coefficient (Wildman–Crippen LogP) is 5.91. The Kier molecular flexibility index (Phi) is 23.8. The molecular weight excluding hydrogens is 917 g/mol. The zero-order valence-electron chi connectivity index (χ0n) is 43.8. The molecule has 4 rings (SSSR count). The van der Waals surface area contributed by atoms with Crippen molar-refractivity contribution in [2.45, 2.75) is 180 Å². The number of rotatable bonds is 9. The van der Waals surface area contributed by atoms with Crippen LogP contribution in [0.5, 0.6) is 0 Å². The van der Waals surface area contributed by atoms with Gasteiger partial charge in [-0.1, -0.05) is 71.1 Å². The minimum Gasteiger partial charge on any atom is -0.460 e. The molecule has 0 radical (unpaired) electrons. The number of methoxy groups -OCH3 is 2. The lowest BCUT2D eigenvalue weighted by Crippen LogP contribution is -2.61. The molecule has 0 aromatic rings. The van der Waals surface area contributed by atoms with E-state index in [9.17, 15) is 44.1 Å². The van der Waals surface area contributed by atoms with Crippen LogP contribution in [0.3, 0.4) is 0 Å². The number of piperidine rings is 1. The number of Topliss-reactive ketones (excluding diaryl/α,β-unsaturated/α-hetero) is 3. The molecule has 17 heteroatoms. The monoisotopic (exact) mass is 1000 g/mol. The maximum Gasteiger partial charge on any atom is 0.406 e. The van der Waals surface area contributed by atoms with E-state index in [1.165, 1.54) is 14.2 Å². The summed E-state index contributed by atoms with van der Waals surface area (Å²) < 4.78 is 35.0. The summed E-state index contributed by atoms with van der Waals surface area (Å²) in [4.78, 5) is 84.1. The number of aliphatic hydroxyl groups excluding tert-OH is 2. The molecule has 2 saturated heterocycles. The third kappa shape index (κ3) is 16.7. The van der Waals surface area contributed by atoms with Crippen molar-refractivity contribution in [3.8, 4) is 0 Å². The van der Waals surface area contributed by atoms with E-state index in [-0.39, 0.29) is 74.4 Å². The van der Waals surface area contributed by atoms with Crippen molar-refractivity contribution in [3.63, 3.8) is 0 Å². The van der Waals surface area contributed by atoms with Gasteiger partial charge in [0.25, 0.3) is 11.7 Å². The first-order valence-electron chi connectivity index (χ1n) is 25.8. The quantitative estimate of drug-likeness (QED) is 0.0911. The van der Waals surface area contributed by atoms with Crippen LogP contribution < -0.4 is 5.32 Å². The highest BCUT2D eigenvalue weighted by Gasteiger charge is 2.53. The molecule has 0 aromatic heterocycles. The van der Waals surface area contributed by atoms with Crippen LogP contribution in [0.4, 0.5) is 4.79 Å². The van der Waals surface area contributed by atoms with Crippen molar-refractivity contribution in [1.82, 2.24) is 10.2 Å². The first-order valence-corrected chi connectivity index (χ1v) is 25.8. The number of cyclic esters (lactones) is 1. The van der Waals surface area contributed by atoms with Crippen LogP contribution in [0, 0.1) is 35.5 Å². The molecule has 3 aliphatic heterocycles. The number of aliphatic hydroxyl groups is 3. The summed E-state index contributed by atoms with van der Waals surface area (Å²) in [6.45, 7) is 12.5. The Bertz CT molecular complexity index is 1930. The molecule has 1 saturated carbocycles. The van der Waals surface area contributed by atoms with Crippen LogP contribution in [0.1, 0.15) is 126 Å². The maximum atomic E-state index is 14.5. The first kappa shape index (κ1) is 59.5. The van der Waals surface area contributed by atoms with Gasteiger partial charge in [-0.25, -0.2) is 9.59 Å². The standard InChI is InChI=1S/C54H84N2O15/c1-32-16-12-11-13-17-33(2)44(68-24-25-69-53(64)55-8)30-40-21-19-38(7)54(65,71-40)50(61)51(62)56-23-15-14-18-41(56)52(63)70-45(35(4)28-39-20-22-42(57)46(29-39)66-9)31-43(58)34(3)27-37(6)48(60)49(67-10)47(59)36(5)26-32/h11-13,16-17,27,32,34-36,38-42,44-46,48-49,57,60,65H,14-15,18-26,28-31H2,1-10H3,(H,55,64)/b13-11+,16-12+,33-17+,37-27+/t32-,34-,35-,36-,38-,39+,40+,41+,42-,44-,45+,46-,48-,49+,54-/m1/s1. The molecule has 4 N–H and O–H groups in total. The summed E-state index contributed by atoms with van der Waals surface area (Å²) in [6, 6.07) is -1.18. The van der Waals surface area contributed by atoms with Crippen LogP contribution in [0.2, 0.25) is 0 Å². The normalized spacial score (nSPS) is 37.8. The van der Waals surface area contributed by atoms with Crippen LogP contribution in [-0.4, -0.2) is 151 Å². The second-order valence-corrected chi connectivity index (χ2v) is 20.6. The van der Waals surface area contributed by atoms with Gasteiger partial charge in [-0.05, 0) is 107 Å². The van der Waals surface area contributed by atoms with E-state index in [4.69, 9.17) is 28.4 Å². The van der Waals surface area contributed by atoms with Crippen LogP contribution in [0.15, 0.2) is 47.6 Å². The van der Waals surface area contributed by atoms with Gasteiger partial charge in [0.2, 0.25) is 5.79 Å². The topological polar surface area (TPSA) is 234 Å². The zero-order valence-corrected chi connectivity index (χ0v) is 43.8. The molecule has 71 heavy (non-hydrogen) atoms. The van der Waals surface area contributed by atoms with Crippen LogP contribution in [0.25, 0.3) is 0 Å². The smallest absolute Gasteiger partial charge is 0.406 e. The summed E-state index contributed by atoms with van der Waals surface area (Å²) in [5.41, 5.74) is 1.13. The molecule has 3 fully saturated rings. The third-order valence-electron chi connectivity index (χ3n) is 15.0. The highest BCUT2D eigenvalue weighted by Crippen LogP contribution is 2.38. The van der Waals surface area contributed by atoms with Gasteiger partial charge in [-0.2, -0.15) is 0 Å². The number of ether oxygens (including phenoxy) is 6. The fourth-order valence-electron chi connectivity index (χ4n) is 10.4. The van der Waals surface area contributed by atoms with Crippen LogP contribution in [-0.2, 0) is 52.4 Å². The summed E-state index contributed by atoms with van der Waals surface area (Å²) in [7, 11) is 4.37. The number of nitrogens with one attached hydrogen (secondary N) is 1. The Morgan fingerprint density at radius 3 is 2.32 bits per heavy atom. The van der Waals surface area contributed by atoms with E-state index < -0.39 is 90.0 Å². The lowest BCUT2D eigenvalue weighted by molar-refractivity contribution is -0.266. The van der Waals surface area contributed by atoms with Crippen molar-refractivity contribution in [2.75, 3.05) is 41.0 Å². The number of hydrogen-bond donors (Lipinski definition) is 4. The largest absolute Gasteiger partial charge is 0.460 e. The highest BCUT2D eigenvalue weighted by atomic mass is 16.6. The van der Waals surface area contributed by atoms with E-state index in [2.05, 4.69) is 5.32 Å². The molecule has 3 heterocycles. The Balaban J connectivity index is 1.72. The summed E-state index contributed by atoms with van der Waals surface area (Å²) in [5, 5.41) is 36.5. The van der Waals surface area contributed by atoms with E-state index in [0.717, 1.165) is 10.5 Å². The molecule has 15 atom stereocenters. The van der Waals surface area contributed by atoms with Crippen molar-refractivity contribution in [1.29, 1.82) is 0 Å². The Hall–Kier alpha value is -4.10. The molecule has 400 valence electrons. The van der Waals surface area contributed by atoms with Gasteiger partial charge >= 0.3 is 12.1 Å². The lowest BCUT2D eigenvalue weighted by Gasteiger charge is -2.43. The summed E-state index contributed by atoms with van der Waals surface area (Å²) in [6.07, 6.45) is 9.35. The van der Waals surface area contributed by atoms with E-state index in [0.29, 0.717) is 63.4 Å². The lowest BCUT2D eigenvalue weighted by atomic mass is 9.78. The Morgan fingerprint density at radius 1 is 0.901 bits per heavy atom. The first-order chi connectivity index (χ1) is 33.6. The van der Waals surface area contributed by atoms with Gasteiger partial charge in [0.05, 0.1) is 31.0 Å². The van der Waals surface area contributed by atoms with Gasteiger partial charge in [-0.3, -0.25) is 19.2 Å². The van der Waals surface area contributed by atoms with Crippen molar-refractivity contribution in [3.05, 3.63) is 47.6 Å². The third-order valence-corrected chi connectivity index (χ3v) is 15.0. The number of ketones is 3. The van der Waals surface area contributed by atoms with Crippen LogP contribution >= 0.6 is 0 Å². The fraction of sp³-hybridized carbons (Fsp3) is 0.741. The molecule has 0 aromatic carbocycles. The number of allylic oxidation sites excluding steroid dienone is 6. The minimum atomic E-state index is -2.52. The van der Waals surface area contributed by atoms with Gasteiger partial charge in [0, 0.05) is 58.4 Å². The molecule has 2 bridgehead atoms. The average molecular weight is 1000 g/mol. The number of esters is 1.